The van der Waals surface area contributed by atoms with Crippen LogP contribution in [0.4, 0.5) is 14.6 Å². The van der Waals surface area contributed by atoms with Crippen LogP contribution in [0.5, 0.6) is 0 Å². The lowest BCUT2D eigenvalue weighted by atomic mass is 9.97. The van der Waals surface area contributed by atoms with E-state index in [9.17, 15) is 18.4 Å². The first-order chi connectivity index (χ1) is 20.2. The fourth-order valence-electron chi connectivity index (χ4n) is 6.30. The molecule has 226 valence electrons. The smallest absolute Gasteiger partial charge is 0.273 e. The van der Waals surface area contributed by atoms with Crippen molar-refractivity contribution in [1.82, 2.24) is 19.4 Å². The quantitative estimate of drug-likeness (QED) is 0.230. The molecule has 1 aliphatic heterocycles. The highest BCUT2D eigenvalue weighted by molar-refractivity contribution is 5.99. The molecule has 0 N–H and O–H groups in total. The van der Waals surface area contributed by atoms with Gasteiger partial charge in [-0.25, -0.2) is 18.7 Å². The van der Waals surface area contributed by atoms with Crippen molar-refractivity contribution in [2.75, 3.05) is 24.5 Å². The number of aryl methyl sites for hydroxylation is 3. The zero-order valence-electron chi connectivity index (χ0n) is 26.2. The Morgan fingerprint density at radius 3 is 2.33 bits per heavy atom. The van der Waals surface area contributed by atoms with E-state index < -0.39 is 17.2 Å². The van der Waals surface area contributed by atoms with Crippen molar-refractivity contribution in [1.29, 1.82) is 0 Å². The summed E-state index contributed by atoms with van der Waals surface area (Å²) in [5.74, 6) is -0.809. The molecule has 0 aliphatic carbocycles. The van der Waals surface area contributed by atoms with Crippen LogP contribution in [0.1, 0.15) is 72.3 Å². The Kier molecular flexibility index (Phi) is 7.88. The molecule has 1 amide bonds. The lowest BCUT2D eigenvalue weighted by Crippen LogP contribution is -2.61. The number of carbonyl (C=O) groups excluding carboxylic acids is 2. The molecule has 0 spiro atoms. The van der Waals surface area contributed by atoms with Crippen LogP contribution < -0.4 is 4.90 Å². The molecule has 0 bridgehead atoms. The number of carbonyl (C=O) groups is 2. The number of pyridine rings is 2. The molecule has 0 saturated carbocycles. The van der Waals surface area contributed by atoms with Gasteiger partial charge in [0.15, 0.2) is 17.4 Å². The highest BCUT2D eigenvalue weighted by atomic mass is 19.2. The van der Waals surface area contributed by atoms with Gasteiger partial charge in [-0.2, -0.15) is 0 Å². The molecule has 7 nitrogen and oxygen atoms in total. The molecule has 0 atom stereocenters. The number of hydrogen-bond donors (Lipinski definition) is 0. The van der Waals surface area contributed by atoms with Crippen LogP contribution in [0.2, 0.25) is 0 Å². The van der Waals surface area contributed by atoms with Gasteiger partial charge in [0.2, 0.25) is 0 Å². The number of benzene rings is 1. The van der Waals surface area contributed by atoms with Crippen LogP contribution in [0.25, 0.3) is 22.2 Å². The number of halogens is 2. The van der Waals surface area contributed by atoms with Gasteiger partial charge in [-0.3, -0.25) is 9.59 Å². The number of piperazine rings is 1. The second-order valence-corrected chi connectivity index (χ2v) is 12.8. The first-order valence-electron chi connectivity index (χ1n) is 14.7. The fourth-order valence-corrected chi connectivity index (χ4v) is 6.30. The largest absolute Gasteiger partial charge is 0.352 e. The van der Waals surface area contributed by atoms with Gasteiger partial charge in [0.1, 0.15) is 17.2 Å². The highest BCUT2D eigenvalue weighted by Gasteiger charge is 2.38. The maximum Gasteiger partial charge on any atom is 0.273 e. The van der Waals surface area contributed by atoms with Crippen LogP contribution in [-0.4, -0.2) is 56.3 Å². The summed E-state index contributed by atoms with van der Waals surface area (Å²) < 4.78 is 30.4. The second kappa shape index (κ2) is 11.2. The van der Waals surface area contributed by atoms with E-state index >= 15 is 0 Å². The number of anilines is 1. The first-order valence-corrected chi connectivity index (χ1v) is 14.7. The Labute approximate surface area is 251 Å². The third-order valence-corrected chi connectivity index (χ3v) is 8.23. The summed E-state index contributed by atoms with van der Waals surface area (Å²) in [6.07, 6.45) is 1.91. The molecule has 4 heterocycles. The minimum absolute atomic E-state index is 0.000802. The van der Waals surface area contributed by atoms with Gasteiger partial charge < -0.3 is 14.4 Å². The average molecular weight is 588 g/mol. The molecule has 3 aromatic heterocycles. The number of fused-ring (bicyclic) bond motifs is 1. The summed E-state index contributed by atoms with van der Waals surface area (Å²) in [5.41, 5.74) is 4.24. The number of hydrogen-bond acceptors (Lipinski definition) is 5. The van der Waals surface area contributed by atoms with Gasteiger partial charge in [-0.1, -0.05) is 13.8 Å². The van der Waals surface area contributed by atoms with Gasteiger partial charge in [0.05, 0.1) is 11.2 Å². The minimum Gasteiger partial charge on any atom is -0.352 e. The normalized spacial score (nSPS) is 15.0. The molecule has 43 heavy (non-hydrogen) atoms. The van der Waals surface area contributed by atoms with Crippen LogP contribution in [0, 0.1) is 38.3 Å². The van der Waals surface area contributed by atoms with E-state index in [0.717, 1.165) is 22.3 Å². The average Bonchev–Trinajstić information content (AvgIpc) is 3.26. The van der Waals surface area contributed by atoms with E-state index in [-0.39, 0.29) is 17.3 Å². The monoisotopic (exact) mass is 587 g/mol. The molecule has 1 aliphatic rings. The summed E-state index contributed by atoms with van der Waals surface area (Å²) in [5, 5.41) is 0.775. The SMILES string of the molecule is CC(=O)c1c(C)cc(N2CCN(C(=O)c3ccc4c(-c5cc(C)c(F)c(F)c5)cn(CC(C)C)c4n3)C(C)(C)C2)nc1C. The van der Waals surface area contributed by atoms with E-state index in [1.165, 1.54) is 6.07 Å². The maximum atomic E-state index is 14.3. The van der Waals surface area contributed by atoms with Gasteiger partial charge in [-0.05, 0) is 94.5 Å². The van der Waals surface area contributed by atoms with Gasteiger partial charge in [-0.15, -0.1) is 0 Å². The maximum absolute atomic E-state index is 14.3. The van der Waals surface area contributed by atoms with Crippen molar-refractivity contribution < 1.29 is 18.4 Å². The number of aromatic nitrogens is 3. The Morgan fingerprint density at radius 2 is 1.72 bits per heavy atom. The summed E-state index contributed by atoms with van der Waals surface area (Å²) in [6.45, 7) is 17.4. The van der Waals surface area contributed by atoms with E-state index in [1.807, 2.05) is 55.5 Å². The standard InChI is InChI=1S/C34H39F2N5O2/c1-19(2)16-40-17-26(24-13-21(4)31(36)27(35)15-24)25-9-10-28(38-32(25)40)33(43)41-12-11-39(18-34(41,7)8)29-14-20(3)30(23(6)42)22(5)37-29/h9-10,13-15,17,19H,11-12,16,18H2,1-8H3. The fraction of sp³-hybridized carbons (Fsp3) is 0.412. The van der Waals surface area contributed by atoms with Crippen LogP contribution in [0.3, 0.4) is 0 Å². The lowest BCUT2D eigenvalue weighted by Gasteiger charge is -2.47. The molecule has 1 fully saturated rings. The zero-order valence-corrected chi connectivity index (χ0v) is 26.2. The third kappa shape index (κ3) is 5.65. The zero-order chi connectivity index (χ0) is 31.4. The van der Waals surface area contributed by atoms with Crippen LogP contribution >= 0.6 is 0 Å². The topological polar surface area (TPSA) is 71.3 Å². The van der Waals surface area contributed by atoms with E-state index in [0.29, 0.717) is 60.3 Å². The minimum atomic E-state index is -0.892. The van der Waals surface area contributed by atoms with Crippen LogP contribution in [-0.2, 0) is 6.54 Å². The highest BCUT2D eigenvalue weighted by Crippen LogP contribution is 2.34. The summed E-state index contributed by atoms with van der Waals surface area (Å²) in [7, 11) is 0. The molecule has 1 saturated heterocycles. The predicted octanol–water partition coefficient (Wildman–Crippen LogP) is 6.90. The van der Waals surface area contributed by atoms with Gasteiger partial charge in [0, 0.05) is 48.9 Å². The number of Topliss-reactive ketones (excluding diaryl/α,β-unsaturated/α-hetero) is 1. The van der Waals surface area contributed by atoms with Crippen molar-refractivity contribution in [3.63, 3.8) is 0 Å². The van der Waals surface area contributed by atoms with Gasteiger partial charge >= 0.3 is 0 Å². The Morgan fingerprint density at radius 1 is 1.00 bits per heavy atom. The summed E-state index contributed by atoms with van der Waals surface area (Å²) >= 11 is 0. The Balaban J connectivity index is 1.47. The first kappa shape index (κ1) is 30.3. The molecular formula is C34H39F2N5O2. The Bertz CT molecular complexity index is 1710. The van der Waals surface area contributed by atoms with Crippen molar-refractivity contribution in [2.24, 2.45) is 5.92 Å². The van der Waals surface area contributed by atoms with E-state index in [2.05, 4.69) is 18.7 Å². The number of nitrogens with zero attached hydrogens (tertiary/aromatic N) is 5. The third-order valence-electron chi connectivity index (χ3n) is 8.23. The van der Waals surface area contributed by atoms with Crippen molar-refractivity contribution in [3.05, 3.63) is 76.2 Å². The number of amides is 1. The van der Waals surface area contributed by atoms with Gasteiger partial charge in [0.25, 0.3) is 5.91 Å². The second-order valence-electron chi connectivity index (χ2n) is 12.8. The van der Waals surface area contributed by atoms with Crippen molar-refractivity contribution in [2.45, 2.75) is 67.5 Å². The van der Waals surface area contributed by atoms with Crippen LogP contribution in [0.15, 0.2) is 36.5 Å². The molecule has 4 aromatic rings. The number of rotatable bonds is 6. The van der Waals surface area contributed by atoms with E-state index in [1.54, 1.807) is 26.0 Å². The molecular weight excluding hydrogens is 548 g/mol. The van der Waals surface area contributed by atoms with Crippen molar-refractivity contribution >= 4 is 28.5 Å². The summed E-state index contributed by atoms with van der Waals surface area (Å²) in [6, 6.07) is 8.37. The molecule has 9 heteroatoms. The van der Waals surface area contributed by atoms with Crippen molar-refractivity contribution in [3.8, 4) is 11.1 Å². The predicted molar refractivity (Wildman–Crippen MR) is 166 cm³/mol. The van der Waals surface area contributed by atoms with E-state index in [4.69, 9.17) is 9.97 Å². The summed E-state index contributed by atoms with van der Waals surface area (Å²) in [4.78, 5) is 39.6. The lowest BCUT2D eigenvalue weighted by molar-refractivity contribution is 0.0507. The number of ketones is 1. The molecule has 5 rings (SSSR count). The Hall–Kier alpha value is -4.14. The molecule has 1 aromatic carbocycles. The molecule has 0 radical (unpaired) electrons. The molecule has 0 unspecified atom stereocenters.